The average molecular weight is 221 g/mol. The van der Waals surface area contributed by atoms with Crippen LogP contribution >= 0.6 is 0 Å². The van der Waals surface area contributed by atoms with Crippen molar-refractivity contribution in [2.24, 2.45) is 0 Å². The highest BCUT2D eigenvalue weighted by Gasteiger charge is 2.25. The van der Waals surface area contributed by atoms with Crippen LogP contribution in [-0.2, 0) is 4.74 Å². The van der Waals surface area contributed by atoms with Crippen molar-refractivity contribution < 1.29 is 19.0 Å². The van der Waals surface area contributed by atoms with Crippen LogP contribution in [0.2, 0.25) is 0 Å². The third-order valence-electron chi connectivity index (χ3n) is 2.64. The first kappa shape index (κ1) is 9.33. The Kier molecular flexibility index (Phi) is 2.09. The quantitative estimate of drug-likeness (QED) is 0.775. The summed E-state index contributed by atoms with van der Waals surface area (Å²) in [7, 11) is 0. The fraction of sp³-hybridized carbons (Fsp3) is 0.364. The molecule has 16 heavy (non-hydrogen) atoms. The van der Waals surface area contributed by atoms with Crippen molar-refractivity contribution in [1.29, 1.82) is 0 Å². The predicted molar refractivity (Wildman–Crippen MR) is 54.7 cm³/mol. The Balaban J connectivity index is 1.88. The number of alkyl carbamates (subject to hydrolysis) is 1. The zero-order valence-corrected chi connectivity index (χ0v) is 8.56. The number of carbonyl (C=O) groups excluding carboxylic acids is 1. The SMILES string of the molecule is O=C1N[C@@H](c2ccc3c(c2)OCCO3)CO1. The van der Waals surface area contributed by atoms with Crippen LogP contribution in [0.3, 0.4) is 0 Å². The van der Waals surface area contributed by atoms with E-state index >= 15 is 0 Å². The number of cyclic esters (lactones) is 1. The lowest BCUT2D eigenvalue weighted by molar-refractivity contribution is 0.171. The molecule has 5 nitrogen and oxygen atoms in total. The van der Waals surface area contributed by atoms with Gasteiger partial charge < -0.3 is 19.5 Å². The van der Waals surface area contributed by atoms with Gasteiger partial charge in [0.25, 0.3) is 0 Å². The molecule has 0 radical (unpaired) electrons. The molecule has 1 atom stereocenters. The van der Waals surface area contributed by atoms with Gasteiger partial charge in [-0.1, -0.05) is 6.07 Å². The largest absolute Gasteiger partial charge is 0.486 e. The fourth-order valence-corrected chi connectivity index (χ4v) is 1.84. The molecule has 2 aliphatic rings. The maximum Gasteiger partial charge on any atom is 0.407 e. The Labute approximate surface area is 92.3 Å². The molecule has 1 aromatic rings. The molecular weight excluding hydrogens is 210 g/mol. The number of carbonyl (C=O) groups is 1. The van der Waals surface area contributed by atoms with E-state index in [0.717, 1.165) is 17.1 Å². The van der Waals surface area contributed by atoms with Crippen LogP contribution in [-0.4, -0.2) is 25.9 Å². The van der Waals surface area contributed by atoms with Crippen LogP contribution in [0.4, 0.5) is 4.79 Å². The van der Waals surface area contributed by atoms with Crippen molar-refractivity contribution in [3.05, 3.63) is 23.8 Å². The number of benzene rings is 1. The lowest BCUT2D eigenvalue weighted by Crippen LogP contribution is -2.19. The molecule has 1 fully saturated rings. The van der Waals surface area contributed by atoms with Gasteiger partial charge in [0.15, 0.2) is 11.5 Å². The van der Waals surface area contributed by atoms with Gasteiger partial charge in [-0.15, -0.1) is 0 Å². The molecule has 0 saturated carbocycles. The Morgan fingerprint density at radius 3 is 2.69 bits per heavy atom. The second kappa shape index (κ2) is 3.59. The monoisotopic (exact) mass is 221 g/mol. The molecule has 3 rings (SSSR count). The van der Waals surface area contributed by atoms with E-state index in [1.54, 1.807) is 0 Å². The minimum atomic E-state index is -0.375. The summed E-state index contributed by atoms with van der Waals surface area (Å²) < 4.78 is 15.7. The van der Waals surface area contributed by atoms with Gasteiger partial charge in [-0.3, -0.25) is 0 Å². The van der Waals surface area contributed by atoms with Gasteiger partial charge >= 0.3 is 6.09 Å². The first-order valence-electron chi connectivity index (χ1n) is 5.16. The van der Waals surface area contributed by atoms with Crippen molar-refractivity contribution in [3.63, 3.8) is 0 Å². The average Bonchev–Trinajstić information content (AvgIpc) is 2.75. The Hall–Kier alpha value is -1.91. The van der Waals surface area contributed by atoms with Crippen LogP contribution in [0, 0.1) is 0 Å². The lowest BCUT2D eigenvalue weighted by Gasteiger charge is -2.19. The van der Waals surface area contributed by atoms with Gasteiger partial charge in [0.2, 0.25) is 0 Å². The number of amides is 1. The van der Waals surface area contributed by atoms with E-state index < -0.39 is 0 Å². The Morgan fingerprint density at radius 1 is 1.12 bits per heavy atom. The molecule has 0 bridgehead atoms. The summed E-state index contributed by atoms with van der Waals surface area (Å²) in [5, 5.41) is 2.72. The fourth-order valence-electron chi connectivity index (χ4n) is 1.84. The molecule has 0 spiro atoms. The topological polar surface area (TPSA) is 56.8 Å². The summed E-state index contributed by atoms with van der Waals surface area (Å²) in [6.07, 6.45) is -0.375. The number of nitrogens with one attached hydrogen (secondary N) is 1. The third kappa shape index (κ3) is 1.54. The molecular formula is C11H11NO4. The van der Waals surface area contributed by atoms with Crippen LogP contribution in [0.25, 0.3) is 0 Å². The normalized spacial score (nSPS) is 22.5. The zero-order chi connectivity index (χ0) is 11.0. The summed E-state index contributed by atoms with van der Waals surface area (Å²) in [5.74, 6) is 1.48. The molecule has 1 amide bonds. The van der Waals surface area contributed by atoms with Crippen LogP contribution in [0.1, 0.15) is 11.6 Å². The van der Waals surface area contributed by atoms with Gasteiger partial charge in [-0.25, -0.2) is 4.79 Å². The van der Waals surface area contributed by atoms with Gasteiger partial charge in [-0.05, 0) is 17.7 Å². The van der Waals surface area contributed by atoms with Crippen LogP contribution in [0.15, 0.2) is 18.2 Å². The van der Waals surface area contributed by atoms with Gasteiger partial charge in [0.1, 0.15) is 19.8 Å². The third-order valence-corrected chi connectivity index (χ3v) is 2.64. The molecule has 2 heterocycles. The van der Waals surface area contributed by atoms with Gasteiger partial charge in [0, 0.05) is 0 Å². The lowest BCUT2D eigenvalue weighted by atomic mass is 10.1. The van der Waals surface area contributed by atoms with E-state index in [-0.39, 0.29) is 12.1 Å². The van der Waals surface area contributed by atoms with E-state index in [1.807, 2.05) is 18.2 Å². The molecule has 1 aromatic carbocycles. The molecule has 1 saturated heterocycles. The maximum atomic E-state index is 10.9. The minimum absolute atomic E-state index is 0.0941. The van der Waals surface area contributed by atoms with Crippen molar-refractivity contribution in [2.45, 2.75) is 6.04 Å². The summed E-state index contributed by atoms with van der Waals surface area (Å²) in [5.41, 5.74) is 0.968. The first-order valence-corrected chi connectivity index (χ1v) is 5.16. The molecule has 0 aliphatic carbocycles. The van der Waals surface area contributed by atoms with Crippen molar-refractivity contribution in [1.82, 2.24) is 5.32 Å². The molecule has 0 unspecified atom stereocenters. The van der Waals surface area contributed by atoms with E-state index in [1.165, 1.54) is 0 Å². The van der Waals surface area contributed by atoms with E-state index in [9.17, 15) is 4.79 Å². The maximum absolute atomic E-state index is 10.9. The van der Waals surface area contributed by atoms with E-state index in [4.69, 9.17) is 14.2 Å². The minimum Gasteiger partial charge on any atom is -0.486 e. The molecule has 5 heteroatoms. The van der Waals surface area contributed by atoms with Crippen molar-refractivity contribution in [3.8, 4) is 11.5 Å². The van der Waals surface area contributed by atoms with Gasteiger partial charge in [0.05, 0.1) is 6.04 Å². The summed E-state index contributed by atoms with van der Waals surface area (Å²) in [4.78, 5) is 10.9. The summed E-state index contributed by atoms with van der Waals surface area (Å²) in [6, 6.07) is 5.55. The second-order valence-corrected chi connectivity index (χ2v) is 3.70. The standard InChI is InChI=1S/C11H11NO4/c13-11-12-8(6-16-11)7-1-2-9-10(5-7)15-4-3-14-9/h1-2,5,8H,3-4,6H2,(H,12,13)/t8-/m1/s1. The van der Waals surface area contributed by atoms with Crippen LogP contribution in [0.5, 0.6) is 11.5 Å². The zero-order valence-electron chi connectivity index (χ0n) is 8.56. The van der Waals surface area contributed by atoms with E-state index in [2.05, 4.69) is 5.32 Å². The number of hydrogen-bond donors (Lipinski definition) is 1. The first-order chi connectivity index (χ1) is 7.83. The van der Waals surface area contributed by atoms with Crippen LogP contribution < -0.4 is 14.8 Å². The number of fused-ring (bicyclic) bond motifs is 1. The van der Waals surface area contributed by atoms with E-state index in [0.29, 0.717) is 19.8 Å². The molecule has 2 aliphatic heterocycles. The molecule has 0 aromatic heterocycles. The number of hydrogen-bond acceptors (Lipinski definition) is 4. The highest BCUT2D eigenvalue weighted by Crippen LogP contribution is 2.33. The van der Waals surface area contributed by atoms with Crippen molar-refractivity contribution >= 4 is 6.09 Å². The predicted octanol–water partition coefficient (Wildman–Crippen LogP) is 1.24. The second-order valence-electron chi connectivity index (χ2n) is 3.70. The highest BCUT2D eigenvalue weighted by atomic mass is 16.6. The summed E-state index contributed by atoms with van der Waals surface area (Å²) in [6.45, 7) is 1.50. The Bertz CT molecular complexity index is 432. The molecule has 84 valence electrons. The molecule has 1 N–H and O–H groups in total. The van der Waals surface area contributed by atoms with Gasteiger partial charge in [-0.2, -0.15) is 0 Å². The number of ether oxygens (including phenoxy) is 3. The Morgan fingerprint density at radius 2 is 1.94 bits per heavy atom. The highest BCUT2D eigenvalue weighted by molar-refractivity contribution is 5.70. The number of rotatable bonds is 1. The smallest absolute Gasteiger partial charge is 0.407 e. The summed E-state index contributed by atoms with van der Waals surface area (Å²) >= 11 is 0. The van der Waals surface area contributed by atoms with Crippen molar-refractivity contribution in [2.75, 3.05) is 19.8 Å².